The maximum atomic E-state index is 11.8. The van der Waals surface area contributed by atoms with Crippen molar-refractivity contribution in [1.82, 2.24) is 0 Å². The number of carbonyl (C=O) groups excluding carboxylic acids is 1. The Morgan fingerprint density at radius 2 is 0.935 bits per heavy atom. The molecule has 0 aliphatic heterocycles. The number of aliphatic hydroxyl groups excluding tert-OH is 1. The maximum absolute atomic E-state index is 11.8. The Kier molecular flexibility index (Phi) is 25.2. The van der Waals surface area contributed by atoms with Gasteiger partial charge in [0.05, 0.1) is 6.10 Å². The van der Waals surface area contributed by atoms with Crippen LogP contribution in [0.1, 0.15) is 162 Å². The molecule has 0 heterocycles. The van der Waals surface area contributed by atoms with Crippen molar-refractivity contribution >= 4 is 5.97 Å². The van der Waals surface area contributed by atoms with Gasteiger partial charge in [-0.05, 0) is 12.8 Å². The lowest BCUT2D eigenvalue weighted by Crippen LogP contribution is -2.18. The van der Waals surface area contributed by atoms with Gasteiger partial charge in [0.15, 0.2) is 0 Å². The zero-order valence-electron chi connectivity index (χ0n) is 21.3. The lowest BCUT2D eigenvalue weighted by Gasteiger charge is -2.11. The lowest BCUT2D eigenvalue weighted by atomic mass is 10.0. The molecule has 0 aromatic rings. The molecule has 0 rings (SSSR count). The summed E-state index contributed by atoms with van der Waals surface area (Å²) in [7, 11) is 0. The second-order valence-corrected chi connectivity index (χ2v) is 9.59. The van der Waals surface area contributed by atoms with E-state index >= 15 is 0 Å². The standard InChI is InChI=1S/C28H56O3/c1-3-5-7-9-11-13-14-15-16-17-19-21-23-25-28(30)31-26-27(29)24-22-20-18-12-10-8-6-4-2/h27,29H,3-26H2,1-2H3. The first-order valence-electron chi connectivity index (χ1n) is 14.0. The van der Waals surface area contributed by atoms with Crippen LogP contribution in [-0.4, -0.2) is 23.8 Å². The fourth-order valence-corrected chi connectivity index (χ4v) is 4.15. The van der Waals surface area contributed by atoms with Crippen molar-refractivity contribution in [3.8, 4) is 0 Å². The average Bonchev–Trinajstić information content (AvgIpc) is 2.77. The van der Waals surface area contributed by atoms with Gasteiger partial charge < -0.3 is 9.84 Å². The fourth-order valence-electron chi connectivity index (χ4n) is 4.15. The van der Waals surface area contributed by atoms with E-state index in [1.54, 1.807) is 0 Å². The number of hydrogen-bond donors (Lipinski definition) is 1. The van der Waals surface area contributed by atoms with Crippen LogP contribution in [0.25, 0.3) is 0 Å². The van der Waals surface area contributed by atoms with Gasteiger partial charge in [-0.15, -0.1) is 0 Å². The first-order chi connectivity index (χ1) is 15.2. The predicted molar refractivity (Wildman–Crippen MR) is 135 cm³/mol. The normalized spacial score (nSPS) is 12.2. The minimum Gasteiger partial charge on any atom is -0.463 e. The van der Waals surface area contributed by atoms with E-state index in [-0.39, 0.29) is 12.6 Å². The smallest absolute Gasteiger partial charge is 0.305 e. The molecule has 0 aromatic heterocycles. The van der Waals surface area contributed by atoms with Gasteiger partial charge in [0, 0.05) is 6.42 Å². The van der Waals surface area contributed by atoms with Crippen LogP contribution in [0.2, 0.25) is 0 Å². The van der Waals surface area contributed by atoms with Crippen molar-refractivity contribution in [2.75, 3.05) is 6.61 Å². The van der Waals surface area contributed by atoms with Gasteiger partial charge in [0.1, 0.15) is 6.61 Å². The van der Waals surface area contributed by atoms with Crippen molar-refractivity contribution in [2.24, 2.45) is 0 Å². The summed E-state index contributed by atoms with van der Waals surface area (Å²) in [6, 6.07) is 0. The number of ether oxygens (including phenoxy) is 1. The Bertz CT molecular complexity index is 356. The number of rotatable bonds is 25. The number of aliphatic hydroxyl groups is 1. The predicted octanol–water partition coefficient (Wildman–Crippen LogP) is 8.90. The molecule has 0 fully saturated rings. The van der Waals surface area contributed by atoms with Crippen LogP contribution in [0.3, 0.4) is 0 Å². The van der Waals surface area contributed by atoms with Gasteiger partial charge in [-0.3, -0.25) is 4.79 Å². The molecule has 0 amide bonds. The molecule has 3 nitrogen and oxygen atoms in total. The van der Waals surface area contributed by atoms with Crippen LogP contribution >= 0.6 is 0 Å². The quantitative estimate of drug-likeness (QED) is 0.114. The monoisotopic (exact) mass is 440 g/mol. The average molecular weight is 441 g/mol. The third-order valence-electron chi connectivity index (χ3n) is 6.31. The molecule has 0 aliphatic carbocycles. The highest BCUT2D eigenvalue weighted by Crippen LogP contribution is 2.14. The van der Waals surface area contributed by atoms with Gasteiger partial charge in [-0.2, -0.15) is 0 Å². The first kappa shape index (κ1) is 30.4. The molecule has 0 spiro atoms. The van der Waals surface area contributed by atoms with Crippen molar-refractivity contribution in [2.45, 2.75) is 168 Å². The van der Waals surface area contributed by atoms with Crippen LogP contribution in [0, 0.1) is 0 Å². The summed E-state index contributed by atoms with van der Waals surface area (Å²) in [5.41, 5.74) is 0. The third kappa shape index (κ3) is 25.6. The van der Waals surface area contributed by atoms with E-state index in [0.29, 0.717) is 6.42 Å². The highest BCUT2D eigenvalue weighted by Gasteiger charge is 2.08. The molecule has 0 bridgehead atoms. The van der Waals surface area contributed by atoms with E-state index < -0.39 is 6.10 Å². The highest BCUT2D eigenvalue weighted by atomic mass is 16.5. The van der Waals surface area contributed by atoms with Crippen molar-refractivity contribution < 1.29 is 14.6 Å². The number of unbranched alkanes of at least 4 members (excludes halogenated alkanes) is 19. The minimum atomic E-state index is -0.490. The first-order valence-corrected chi connectivity index (χ1v) is 14.0. The van der Waals surface area contributed by atoms with Crippen LogP contribution in [0.15, 0.2) is 0 Å². The molecule has 31 heavy (non-hydrogen) atoms. The highest BCUT2D eigenvalue weighted by molar-refractivity contribution is 5.69. The summed E-state index contributed by atoms with van der Waals surface area (Å²) >= 11 is 0. The number of hydrogen-bond acceptors (Lipinski definition) is 3. The molecule has 0 aromatic carbocycles. The van der Waals surface area contributed by atoms with Crippen LogP contribution in [0.4, 0.5) is 0 Å². The Labute approximate surface area is 195 Å². The SMILES string of the molecule is CCCCCCCCCCCCCCCC(=O)OCC(O)CCCCCCCCCC. The lowest BCUT2D eigenvalue weighted by molar-refractivity contribution is -0.146. The van der Waals surface area contributed by atoms with Gasteiger partial charge in [0.2, 0.25) is 0 Å². The molecule has 3 heteroatoms. The number of esters is 1. The minimum absolute atomic E-state index is 0.141. The summed E-state index contributed by atoms with van der Waals surface area (Å²) in [4.78, 5) is 11.8. The van der Waals surface area contributed by atoms with E-state index in [0.717, 1.165) is 25.7 Å². The van der Waals surface area contributed by atoms with E-state index in [1.165, 1.54) is 116 Å². The van der Waals surface area contributed by atoms with E-state index in [9.17, 15) is 9.90 Å². The Morgan fingerprint density at radius 3 is 1.35 bits per heavy atom. The zero-order valence-corrected chi connectivity index (χ0v) is 21.3. The summed E-state index contributed by atoms with van der Waals surface area (Å²) in [6.45, 7) is 4.69. The van der Waals surface area contributed by atoms with Gasteiger partial charge in [-0.25, -0.2) is 0 Å². The second-order valence-electron chi connectivity index (χ2n) is 9.59. The van der Waals surface area contributed by atoms with Crippen LogP contribution in [-0.2, 0) is 9.53 Å². The van der Waals surface area contributed by atoms with Crippen LogP contribution < -0.4 is 0 Å². The molecular formula is C28H56O3. The van der Waals surface area contributed by atoms with Gasteiger partial charge in [-0.1, -0.05) is 142 Å². The summed E-state index contributed by atoms with van der Waals surface area (Å²) < 4.78 is 5.24. The summed E-state index contributed by atoms with van der Waals surface area (Å²) in [6.07, 6.45) is 27.9. The van der Waals surface area contributed by atoms with E-state index in [4.69, 9.17) is 4.74 Å². The van der Waals surface area contributed by atoms with E-state index in [2.05, 4.69) is 13.8 Å². The Balaban J connectivity index is 3.28. The van der Waals surface area contributed by atoms with Crippen LogP contribution in [0.5, 0.6) is 0 Å². The molecule has 0 saturated heterocycles. The third-order valence-corrected chi connectivity index (χ3v) is 6.31. The molecule has 0 radical (unpaired) electrons. The summed E-state index contributed by atoms with van der Waals surface area (Å²) in [5, 5.41) is 9.98. The second kappa shape index (κ2) is 25.7. The van der Waals surface area contributed by atoms with Gasteiger partial charge in [0.25, 0.3) is 0 Å². The maximum Gasteiger partial charge on any atom is 0.305 e. The summed E-state index contributed by atoms with van der Waals surface area (Å²) in [5.74, 6) is -0.141. The number of carbonyl (C=O) groups is 1. The fraction of sp³-hybridized carbons (Fsp3) is 0.964. The van der Waals surface area contributed by atoms with Crippen molar-refractivity contribution in [3.05, 3.63) is 0 Å². The van der Waals surface area contributed by atoms with Crippen molar-refractivity contribution in [1.29, 1.82) is 0 Å². The van der Waals surface area contributed by atoms with E-state index in [1.807, 2.05) is 0 Å². The zero-order chi connectivity index (χ0) is 22.8. The Hall–Kier alpha value is -0.570. The topological polar surface area (TPSA) is 46.5 Å². The molecule has 1 N–H and O–H groups in total. The Morgan fingerprint density at radius 1 is 0.581 bits per heavy atom. The molecule has 1 atom stereocenters. The molecule has 186 valence electrons. The molecule has 1 unspecified atom stereocenters. The molecule has 0 saturated carbocycles. The largest absolute Gasteiger partial charge is 0.463 e. The van der Waals surface area contributed by atoms with Crippen molar-refractivity contribution in [3.63, 3.8) is 0 Å². The molecular weight excluding hydrogens is 384 g/mol. The van der Waals surface area contributed by atoms with Gasteiger partial charge >= 0.3 is 5.97 Å². The molecule has 0 aliphatic rings.